The number of hydrogen-bond donors (Lipinski definition) is 0. The van der Waals surface area contributed by atoms with E-state index in [0.717, 1.165) is 6.42 Å². The molecule has 1 fully saturated rings. The summed E-state index contributed by atoms with van der Waals surface area (Å²) in [6.07, 6.45) is 5.73. The Morgan fingerprint density at radius 1 is 1.21 bits per heavy atom. The van der Waals surface area contributed by atoms with Crippen LogP contribution in [0.5, 0.6) is 0 Å². The zero-order chi connectivity index (χ0) is 16.4. The van der Waals surface area contributed by atoms with Crippen molar-refractivity contribution >= 4 is 5.91 Å². The van der Waals surface area contributed by atoms with Gasteiger partial charge in [-0.15, -0.1) is 0 Å². The van der Waals surface area contributed by atoms with Crippen LogP contribution in [0.3, 0.4) is 0 Å². The second-order valence-corrected chi connectivity index (χ2v) is 5.65. The van der Waals surface area contributed by atoms with E-state index in [-0.39, 0.29) is 11.8 Å². The van der Waals surface area contributed by atoms with E-state index in [4.69, 9.17) is 4.52 Å². The van der Waals surface area contributed by atoms with E-state index >= 15 is 0 Å². The lowest BCUT2D eigenvalue weighted by Gasteiger charge is -2.15. The van der Waals surface area contributed by atoms with Gasteiger partial charge in [0.2, 0.25) is 11.7 Å². The lowest BCUT2D eigenvalue weighted by atomic mass is 10.1. The fourth-order valence-electron chi connectivity index (χ4n) is 2.82. The lowest BCUT2D eigenvalue weighted by Crippen LogP contribution is -2.28. The van der Waals surface area contributed by atoms with Gasteiger partial charge in [0, 0.05) is 31.7 Å². The number of likely N-dealkylation sites (tertiary alicyclic amines) is 1. The highest BCUT2D eigenvalue weighted by atomic mass is 16.5. The number of amides is 1. The molecule has 0 bridgehead atoms. The Hall–Kier alpha value is -3.09. The number of hydrogen-bond acceptors (Lipinski definition) is 6. The van der Waals surface area contributed by atoms with Gasteiger partial charge in [0.25, 0.3) is 5.91 Å². The van der Waals surface area contributed by atoms with E-state index in [2.05, 4.69) is 20.1 Å². The van der Waals surface area contributed by atoms with Crippen LogP contribution in [0.25, 0.3) is 11.5 Å². The van der Waals surface area contributed by atoms with Crippen molar-refractivity contribution in [1.82, 2.24) is 25.0 Å². The van der Waals surface area contributed by atoms with Crippen molar-refractivity contribution in [1.29, 1.82) is 0 Å². The molecule has 3 aromatic heterocycles. The van der Waals surface area contributed by atoms with Gasteiger partial charge in [0.1, 0.15) is 5.69 Å². The minimum atomic E-state index is -0.0185. The van der Waals surface area contributed by atoms with Crippen LogP contribution in [0.2, 0.25) is 0 Å². The summed E-state index contributed by atoms with van der Waals surface area (Å²) >= 11 is 0. The Labute approximate surface area is 138 Å². The fraction of sp³-hybridized carbons (Fsp3) is 0.235. The molecule has 0 aromatic carbocycles. The molecule has 1 aliphatic rings. The van der Waals surface area contributed by atoms with Crippen molar-refractivity contribution in [3.63, 3.8) is 0 Å². The fourth-order valence-corrected chi connectivity index (χ4v) is 2.82. The normalized spacial score (nSPS) is 17.2. The molecule has 24 heavy (non-hydrogen) atoms. The largest absolute Gasteiger partial charge is 0.339 e. The molecule has 3 aromatic rings. The molecular formula is C17H15N5O2. The van der Waals surface area contributed by atoms with Gasteiger partial charge in [-0.25, -0.2) is 0 Å². The standard InChI is InChI=1S/C17H15N5O2/c23-17(12-4-3-7-18-10-12)22-9-6-13(11-22)16-20-15(21-24-16)14-5-1-2-8-19-14/h1-5,7-8,10,13H,6,9,11H2/t13-/m1/s1. The molecule has 0 saturated carbocycles. The first kappa shape index (κ1) is 14.5. The maximum atomic E-state index is 12.5. The second kappa shape index (κ2) is 6.19. The molecule has 120 valence electrons. The molecular weight excluding hydrogens is 306 g/mol. The number of carbonyl (C=O) groups excluding carboxylic acids is 1. The Morgan fingerprint density at radius 3 is 2.96 bits per heavy atom. The van der Waals surface area contributed by atoms with Crippen molar-refractivity contribution in [2.24, 2.45) is 0 Å². The van der Waals surface area contributed by atoms with Gasteiger partial charge in [0.15, 0.2) is 0 Å². The monoisotopic (exact) mass is 321 g/mol. The number of pyridine rings is 2. The SMILES string of the molecule is O=C(c1cccnc1)N1CC[C@@H](c2nc(-c3ccccn3)no2)C1. The number of carbonyl (C=O) groups is 1. The highest BCUT2D eigenvalue weighted by molar-refractivity contribution is 5.94. The van der Waals surface area contributed by atoms with Crippen molar-refractivity contribution < 1.29 is 9.32 Å². The smallest absolute Gasteiger partial charge is 0.255 e. The molecule has 7 nitrogen and oxygen atoms in total. The molecule has 7 heteroatoms. The molecule has 1 aliphatic heterocycles. The Bertz CT molecular complexity index is 834. The zero-order valence-electron chi connectivity index (χ0n) is 12.9. The minimum Gasteiger partial charge on any atom is -0.339 e. The molecule has 0 unspecified atom stereocenters. The first-order valence-corrected chi connectivity index (χ1v) is 7.75. The number of nitrogens with zero attached hydrogens (tertiary/aromatic N) is 5. The van der Waals surface area contributed by atoms with Gasteiger partial charge in [-0.05, 0) is 30.7 Å². The Morgan fingerprint density at radius 2 is 2.17 bits per heavy atom. The zero-order valence-corrected chi connectivity index (χ0v) is 12.9. The molecule has 0 radical (unpaired) electrons. The van der Waals surface area contributed by atoms with Gasteiger partial charge >= 0.3 is 0 Å². The van der Waals surface area contributed by atoms with E-state index in [9.17, 15) is 4.79 Å². The maximum Gasteiger partial charge on any atom is 0.255 e. The number of aromatic nitrogens is 4. The van der Waals surface area contributed by atoms with Gasteiger partial charge in [-0.2, -0.15) is 4.98 Å². The first-order chi connectivity index (χ1) is 11.8. The Kier molecular flexibility index (Phi) is 3.74. The highest BCUT2D eigenvalue weighted by Crippen LogP contribution is 2.28. The molecule has 0 spiro atoms. The van der Waals surface area contributed by atoms with E-state index < -0.39 is 0 Å². The summed E-state index contributed by atoms with van der Waals surface area (Å²) < 4.78 is 5.39. The van der Waals surface area contributed by atoms with E-state index in [1.807, 2.05) is 18.2 Å². The van der Waals surface area contributed by atoms with Gasteiger partial charge in [0.05, 0.1) is 11.5 Å². The minimum absolute atomic E-state index is 0.0185. The van der Waals surface area contributed by atoms with Crippen LogP contribution < -0.4 is 0 Å². The van der Waals surface area contributed by atoms with Crippen LogP contribution in [0.15, 0.2) is 53.4 Å². The van der Waals surface area contributed by atoms with Gasteiger partial charge in [-0.3, -0.25) is 14.8 Å². The first-order valence-electron chi connectivity index (χ1n) is 7.75. The van der Waals surface area contributed by atoms with Crippen molar-refractivity contribution in [2.75, 3.05) is 13.1 Å². The summed E-state index contributed by atoms with van der Waals surface area (Å²) in [6.45, 7) is 1.23. The van der Waals surface area contributed by atoms with Crippen LogP contribution in [-0.2, 0) is 0 Å². The van der Waals surface area contributed by atoms with Crippen molar-refractivity contribution in [3.8, 4) is 11.5 Å². The predicted octanol–water partition coefficient (Wildman–Crippen LogP) is 2.16. The van der Waals surface area contributed by atoms with Crippen LogP contribution in [0, 0.1) is 0 Å². The van der Waals surface area contributed by atoms with Gasteiger partial charge < -0.3 is 9.42 Å². The molecule has 0 aliphatic carbocycles. The topological polar surface area (TPSA) is 85.0 Å². The number of rotatable bonds is 3. The maximum absolute atomic E-state index is 12.5. The molecule has 4 heterocycles. The Balaban J connectivity index is 1.48. The van der Waals surface area contributed by atoms with E-state index in [0.29, 0.717) is 36.1 Å². The quantitative estimate of drug-likeness (QED) is 0.735. The summed E-state index contributed by atoms with van der Waals surface area (Å²) in [4.78, 5) is 26.9. The van der Waals surface area contributed by atoms with Crippen molar-refractivity contribution in [2.45, 2.75) is 12.3 Å². The van der Waals surface area contributed by atoms with Crippen LogP contribution in [-0.4, -0.2) is 44.0 Å². The van der Waals surface area contributed by atoms with Crippen molar-refractivity contribution in [3.05, 3.63) is 60.4 Å². The highest BCUT2D eigenvalue weighted by Gasteiger charge is 2.31. The summed E-state index contributed by atoms with van der Waals surface area (Å²) in [5.41, 5.74) is 1.27. The van der Waals surface area contributed by atoms with Gasteiger partial charge in [-0.1, -0.05) is 11.2 Å². The summed E-state index contributed by atoms with van der Waals surface area (Å²) in [5, 5.41) is 4.00. The molecule has 0 N–H and O–H groups in total. The summed E-state index contributed by atoms with van der Waals surface area (Å²) in [6, 6.07) is 9.08. The van der Waals surface area contributed by atoms with E-state index in [1.54, 1.807) is 35.6 Å². The third kappa shape index (κ3) is 2.76. The average molecular weight is 321 g/mol. The van der Waals surface area contributed by atoms with Crippen LogP contribution in [0.1, 0.15) is 28.6 Å². The molecule has 1 atom stereocenters. The third-order valence-corrected chi connectivity index (χ3v) is 4.07. The molecule has 1 amide bonds. The molecule has 1 saturated heterocycles. The summed E-state index contributed by atoms with van der Waals surface area (Å²) in [5.74, 6) is 1.06. The summed E-state index contributed by atoms with van der Waals surface area (Å²) in [7, 11) is 0. The van der Waals surface area contributed by atoms with Crippen LogP contribution >= 0.6 is 0 Å². The molecule has 4 rings (SSSR count). The average Bonchev–Trinajstić information content (AvgIpc) is 3.32. The third-order valence-electron chi connectivity index (χ3n) is 4.07. The van der Waals surface area contributed by atoms with Crippen LogP contribution in [0.4, 0.5) is 0 Å². The van der Waals surface area contributed by atoms with E-state index in [1.165, 1.54) is 0 Å². The predicted molar refractivity (Wildman–Crippen MR) is 85.0 cm³/mol. The lowest BCUT2D eigenvalue weighted by molar-refractivity contribution is 0.0789. The second-order valence-electron chi connectivity index (χ2n) is 5.65.